The molecule has 0 aliphatic carbocycles. The van der Waals surface area contributed by atoms with Crippen LogP contribution in [-0.4, -0.2) is 38.5 Å². The Morgan fingerprint density at radius 2 is 2.04 bits per heavy atom. The van der Waals surface area contributed by atoms with Gasteiger partial charge in [0.25, 0.3) is 0 Å². The first kappa shape index (κ1) is 15.6. The number of fused-ring (bicyclic) bond motifs is 1. The predicted octanol–water partition coefficient (Wildman–Crippen LogP) is 2.22. The fourth-order valence-electron chi connectivity index (χ4n) is 3.33. The number of carbonyl (C=O) groups excluding carboxylic acids is 1. The van der Waals surface area contributed by atoms with Gasteiger partial charge in [0.05, 0.1) is 11.7 Å². The van der Waals surface area contributed by atoms with Gasteiger partial charge >= 0.3 is 0 Å². The Morgan fingerprint density at radius 3 is 2.76 bits per heavy atom. The molecule has 4 heterocycles. The molecule has 25 heavy (non-hydrogen) atoms. The SMILES string of the molecule is Cn1c(N2CCC(C(=O)Nc3ccccn3)CC2)nc2cnccc21. The summed E-state index contributed by atoms with van der Waals surface area (Å²) in [6, 6.07) is 7.48. The summed E-state index contributed by atoms with van der Waals surface area (Å²) in [5.41, 5.74) is 1.97. The van der Waals surface area contributed by atoms with Crippen molar-refractivity contribution in [2.75, 3.05) is 23.3 Å². The average molecular weight is 336 g/mol. The number of nitrogens with zero attached hydrogens (tertiary/aromatic N) is 5. The van der Waals surface area contributed by atoms with Crippen molar-refractivity contribution in [3.63, 3.8) is 0 Å². The quantitative estimate of drug-likeness (QED) is 0.794. The minimum Gasteiger partial charge on any atom is -0.342 e. The zero-order valence-corrected chi connectivity index (χ0v) is 14.1. The molecule has 0 saturated carbocycles. The lowest BCUT2D eigenvalue weighted by Crippen LogP contribution is -2.39. The molecular formula is C18H20N6O. The number of piperidine rings is 1. The minimum atomic E-state index is 0.00890. The van der Waals surface area contributed by atoms with Crippen LogP contribution in [0.3, 0.4) is 0 Å². The second-order valence-electron chi connectivity index (χ2n) is 6.30. The molecule has 0 spiro atoms. The molecule has 3 aromatic heterocycles. The van der Waals surface area contributed by atoms with Crippen LogP contribution in [0.1, 0.15) is 12.8 Å². The minimum absolute atomic E-state index is 0.00890. The Kier molecular flexibility index (Phi) is 4.05. The van der Waals surface area contributed by atoms with Gasteiger partial charge in [0, 0.05) is 38.4 Å². The van der Waals surface area contributed by atoms with Crippen LogP contribution in [0.4, 0.5) is 11.8 Å². The van der Waals surface area contributed by atoms with Gasteiger partial charge in [-0.3, -0.25) is 9.78 Å². The highest BCUT2D eigenvalue weighted by molar-refractivity contribution is 5.91. The summed E-state index contributed by atoms with van der Waals surface area (Å²) < 4.78 is 2.09. The van der Waals surface area contributed by atoms with Gasteiger partial charge in [-0.05, 0) is 31.0 Å². The average Bonchev–Trinajstić information content (AvgIpc) is 3.00. The summed E-state index contributed by atoms with van der Waals surface area (Å²) in [4.78, 5) is 27.6. The van der Waals surface area contributed by atoms with E-state index in [1.807, 2.05) is 25.2 Å². The monoisotopic (exact) mass is 336 g/mol. The van der Waals surface area contributed by atoms with Crippen molar-refractivity contribution < 1.29 is 4.79 Å². The molecule has 0 radical (unpaired) electrons. The molecule has 0 bridgehead atoms. The van der Waals surface area contributed by atoms with E-state index in [1.165, 1.54) is 0 Å². The van der Waals surface area contributed by atoms with Crippen molar-refractivity contribution >= 4 is 28.7 Å². The molecule has 1 amide bonds. The fourth-order valence-corrected chi connectivity index (χ4v) is 3.33. The zero-order chi connectivity index (χ0) is 17.2. The lowest BCUT2D eigenvalue weighted by molar-refractivity contribution is -0.120. The van der Waals surface area contributed by atoms with Crippen LogP contribution in [0.5, 0.6) is 0 Å². The smallest absolute Gasteiger partial charge is 0.228 e. The van der Waals surface area contributed by atoms with Crippen LogP contribution in [0.15, 0.2) is 42.9 Å². The van der Waals surface area contributed by atoms with Crippen molar-refractivity contribution in [1.82, 2.24) is 19.5 Å². The van der Waals surface area contributed by atoms with E-state index in [1.54, 1.807) is 24.7 Å². The summed E-state index contributed by atoms with van der Waals surface area (Å²) in [6.07, 6.45) is 6.85. The topological polar surface area (TPSA) is 75.9 Å². The van der Waals surface area contributed by atoms with Crippen molar-refractivity contribution in [3.05, 3.63) is 42.9 Å². The molecule has 1 N–H and O–H groups in total. The van der Waals surface area contributed by atoms with Gasteiger partial charge in [0.15, 0.2) is 0 Å². The number of pyridine rings is 2. The van der Waals surface area contributed by atoms with Crippen LogP contribution < -0.4 is 10.2 Å². The number of aromatic nitrogens is 4. The van der Waals surface area contributed by atoms with E-state index in [0.29, 0.717) is 5.82 Å². The number of nitrogens with one attached hydrogen (secondary N) is 1. The highest BCUT2D eigenvalue weighted by Crippen LogP contribution is 2.26. The van der Waals surface area contributed by atoms with E-state index in [-0.39, 0.29) is 11.8 Å². The maximum Gasteiger partial charge on any atom is 0.228 e. The number of aryl methyl sites for hydroxylation is 1. The largest absolute Gasteiger partial charge is 0.342 e. The van der Waals surface area contributed by atoms with E-state index in [9.17, 15) is 4.79 Å². The highest BCUT2D eigenvalue weighted by atomic mass is 16.1. The van der Waals surface area contributed by atoms with Gasteiger partial charge in [-0.2, -0.15) is 0 Å². The second-order valence-corrected chi connectivity index (χ2v) is 6.30. The van der Waals surface area contributed by atoms with Crippen LogP contribution in [-0.2, 0) is 11.8 Å². The summed E-state index contributed by atoms with van der Waals surface area (Å²) >= 11 is 0. The molecular weight excluding hydrogens is 316 g/mol. The molecule has 7 nitrogen and oxygen atoms in total. The van der Waals surface area contributed by atoms with Crippen LogP contribution in [0.25, 0.3) is 11.0 Å². The predicted molar refractivity (Wildman–Crippen MR) is 96.3 cm³/mol. The summed E-state index contributed by atoms with van der Waals surface area (Å²) in [5, 5.41) is 2.90. The van der Waals surface area contributed by atoms with Crippen molar-refractivity contribution in [3.8, 4) is 0 Å². The molecule has 7 heteroatoms. The highest BCUT2D eigenvalue weighted by Gasteiger charge is 2.27. The van der Waals surface area contributed by atoms with Gasteiger partial charge in [-0.25, -0.2) is 9.97 Å². The number of carbonyl (C=O) groups is 1. The third kappa shape index (κ3) is 3.05. The van der Waals surface area contributed by atoms with Gasteiger partial charge in [-0.1, -0.05) is 6.07 Å². The lowest BCUT2D eigenvalue weighted by atomic mass is 9.96. The first-order valence-electron chi connectivity index (χ1n) is 8.45. The Balaban J connectivity index is 1.42. The number of imidazole rings is 1. The van der Waals surface area contributed by atoms with E-state index in [4.69, 9.17) is 0 Å². The summed E-state index contributed by atoms with van der Waals surface area (Å²) in [5.74, 6) is 1.60. The molecule has 1 aliphatic rings. The van der Waals surface area contributed by atoms with Crippen LogP contribution >= 0.6 is 0 Å². The first-order valence-corrected chi connectivity index (χ1v) is 8.45. The molecule has 3 aromatic rings. The Morgan fingerprint density at radius 1 is 1.20 bits per heavy atom. The molecule has 0 aromatic carbocycles. The van der Waals surface area contributed by atoms with Crippen molar-refractivity contribution in [2.45, 2.75) is 12.8 Å². The molecule has 1 fully saturated rings. The summed E-state index contributed by atoms with van der Waals surface area (Å²) in [7, 11) is 2.02. The number of anilines is 2. The third-order valence-electron chi connectivity index (χ3n) is 4.72. The fraction of sp³-hybridized carbons (Fsp3) is 0.333. The van der Waals surface area contributed by atoms with Gasteiger partial charge < -0.3 is 14.8 Å². The third-order valence-corrected chi connectivity index (χ3v) is 4.72. The van der Waals surface area contributed by atoms with Crippen LogP contribution in [0.2, 0.25) is 0 Å². The van der Waals surface area contributed by atoms with E-state index < -0.39 is 0 Å². The molecule has 4 rings (SSSR count). The van der Waals surface area contributed by atoms with E-state index in [2.05, 4.69) is 29.7 Å². The normalized spacial score (nSPS) is 15.5. The Labute approximate surface area is 145 Å². The van der Waals surface area contributed by atoms with Gasteiger partial charge in [0.1, 0.15) is 11.3 Å². The molecule has 128 valence electrons. The molecule has 1 aliphatic heterocycles. The van der Waals surface area contributed by atoms with Crippen molar-refractivity contribution in [2.24, 2.45) is 13.0 Å². The Bertz CT molecular complexity index is 883. The van der Waals surface area contributed by atoms with Gasteiger partial charge in [-0.15, -0.1) is 0 Å². The molecule has 1 saturated heterocycles. The maximum absolute atomic E-state index is 12.4. The summed E-state index contributed by atoms with van der Waals surface area (Å²) in [6.45, 7) is 1.62. The Hall–Kier alpha value is -2.96. The number of amides is 1. The zero-order valence-electron chi connectivity index (χ0n) is 14.1. The van der Waals surface area contributed by atoms with Crippen molar-refractivity contribution in [1.29, 1.82) is 0 Å². The van der Waals surface area contributed by atoms with E-state index in [0.717, 1.165) is 42.9 Å². The number of rotatable bonds is 3. The lowest BCUT2D eigenvalue weighted by Gasteiger charge is -2.31. The van der Waals surface area contributed by atoms with E-state index >= 15 is 0 Å². The molecule has 0 unspecified atom stereocenters. The second kappa shape index (κ2) is 6.51. The maximum atomic E-state index is 12.4. The van der Waals surface area contributed by atoms with Crippen LogP contribution in [0, 0.1) is 5.92 Å². The number of hydrogen-bond donors (Lipinski definition) is 1. The standard InChI is InChI=1S/C18H20N6O/c1-23-15-5-9-19-12-14(15)21-18(23)24-10-6-13(7-11-24)17(25)22-16-4-2-3-8-20-16/h2-5,8-9,12-13H,6-7,10-11H2,1H3,(H,20,22,25). The molecule has 0 atom stereocenters. The van der Waals surface area contributed by atoms with Gasteiger partial charge in [0.2, 0.25) is 11.9 Å². The first-order chi connectivity index (χ1) is 12.2. The number of hydrogen-bond acceptors (Lipinski definition) is 5.